The van der Waals surface area contributed by atoms with Crippen molar-refractivity contribution in [2.45, 2.75) is 31.9 Å². The van der Waals surface area contributed by atoms with E-state index in [1.165, 1.54) is 12.0 Å². The van der Waals surface area contributed by atoms with Gasteiger partial charge in [0, 0.05) is 25.3 Å². The van der Waals surface area contributed by atoms with Gasteiger partial charge >= 0.3 is 0 Å². The van der Waals surface area contributed by atoms with Gasteiger partial charge in [0.05, 0.1) is 18.1 Å². The second-order valence-electron chi connectivity index (χ2n) is 4.14. The van der Waals surface area contributed by atoms with Gasteiger partial charge in [-0.1, -0.05) is 0 Å². The maximum atomic E-state index is 5.67. The van der Waals surface area contributed by atoms with Gasteiger partial charge in [0.1, 0.15) is 0 Å². The highest BCUT2D eigenvalue weighted by atomic mass is 16.5. The average molecular weight is 195 g/mol. The third-order valence-electron chi connectivity index (χ3n) is 2.71. The SMILES string of the molecule is CC1(CNCc2ccoc2)CCCO1. The van der Waals surface area contributed by atoms with Crippen LogP contribution in [0.25, 0.3) is 0 Å². The van der Waals surface area contributed by atoms with Crippen LogP contribution in [0.2, 0.25) is 0 Å². The van der Waals surface area contributed by atoms with E-state index in [-0.39, 0.29) is 5.60 Å². The standard InChI is InChI=1S/C11H17NO2/c1-11(4-2-5-14-11)9-12-7-10-3-6-13-8-10/h3,6,8,12H,2,4-5,7,9H2,1H3. The molecule has 1 unspecified atom stereocenters. The number of hydrogen-bond donors (Lipinski definition) is 1. The molecular weight excluding hydrogens is 178 g/mol. The van der Waals surface area contributed by atoms with Crippen LogP contribution < -0.4 is 5.32 Å². The molecule has 0 saturated carbocycles. The summed E-state index contributed by atoms with van der Waals surface area (Å²) < 4.78 is 10.7. The predicted octanol–water partition coefficient (Wildman–Crippen LogP) is 1.94. The van der Waals surface area contributed by atoms with Crippen molar-refractivity contribution in [2.75, 3.05) is 13.2 Å². The Bertz CT molecular complexity index is 263. The van der Waals surface area contributed by atoms with E-state index in [0.717, 1.165) is 26.1 Å². The summed E-state index contributed by atoms with van der Waals surface area (Å²) in [5.41, 5.74) is 1.23. The van der Waals surface area contributed by atoms with Gasteiger partial charge in [0.15, 0.2) is 0 Å². The van der Waals surface area contributed by atoms with Crippen LogP contribution >= 0.6 is 0 Å². The van der Waals surface area contributed by atoms with Gasteiger partial charge in [-0.05, 0) is 25.8 Å². The molecule has 3 heteroatoms. The molecule has 2 heterocycles. The monoisotopic (exact) mass is 195 g/mol. The Morgan fingerprint density at radius 1 is 1.57 bits per heavy atom. The van der Waals surface area contributed by atoms with Crippen molar-refractivity contribution in [1.82, 2.24) is 5.32 Å². The fourth-order valence-corrected chi connectivity index (χ4v) is 1.84. The first-order valence-corrected chi connectivity index (χ1v) is 5.14. The van der Waals surface area contributed by atoms with Crippen LogP contribution in [0.5, 0.6) is 0 Å². The molecule has 14 heavy (non-hydrogen) atoms. The molecule has 0 radical (unpaired) electrons. The number of nitrogens with one attached hydrogen (secondary N) is 1. The molecule has 1 N–H and O–H groups in total. The summed E-state index contributed by atoms with van der Waals surface area (Å²) in [5, 5.41) is 3.39. The van der Waals surface area contributed by atoms with E-state index in [1.807, 2.05) is 6.07 Å². The molecule has 2 rings (SSSR count). The second kappa shape index (κ2) is 4.15. The molecule has 1 aromatic heterocycles. The Morgan fingerprint density at radius 2 is 2.50 bits per heavy atom. The molecule has 1 atom stereocenters. The lowest BCUT2D eigenvalue weighted by Crippen LogP contribution is -2.36. The number of furan rings is 1. The Morgan fingerprint density at radius 3 is 3.14 bits per heavy atom. The molecule has 1 saturated heterocycles. The van der Waals surface area contributed by atoms with E-state index < -0.39 is 0 Å². The van der Waals surface area contributed by atoms with Crippen molar-refractivity contribution in [3.63, 3.8) is 0 Å². The van der Waals surface area contributed by atoms with Crippen LogP contribution in [0.3, 0.4) is 0 Å². The normalized spacial score (nSPS) is 26.9. The van der Waals surface area contributed by atoms with E-state index in [4.69, 9.17) is 9.15 Å². The summed E-state index contributed by atoms with van der Waals surface area (Å²) in [5.74, 6) is 0. The maximum Gasteiger partial charge on any atom is 0.0947 e. The first kappa shape index (κ1) is 9.74. The summed E-state index contributed by atoms with van der Waals surface area (Å²) in [4.78, 5) is 0. The van der Waals surface area contributed by atoms with Crippen LogP contribution in [0, 0.1) is 0 Å². The molecule has 0 spiro atoms. The van der Waals surface area contributed by atoms with Crippen molar-refractivity contribution in [2.24, 2.45) is 0 Å². The molecule has 0 aromatic carbocycles. The van der Waals surface area contributed by atoms with Crippen LogP contribution in [-0.2, 0) is 11.3 Å². The van der Waals surface area contributed by atoms with E-state index in [2.05, 4.69) is 12.2 Å². The maximum absolute atomic E-state index is 5.67. The second-order valence-corrected chi connectivity index (χ2v) is 4.14. The smallest absolute Gasteiger partial charge is 0.0947 e. The molecule has 0 aliphatic carbocycles. The minimum absolute atomic E-state index is 0.0454. The summed E-state index contributed by atoms with van der Waals surface area (Å²) in [6, 6.07) is 1.98. The summed E-state index contributed by atoms with van der Waals surface area (Å²) >= 11 is 0. The van der Waals surface area contributed by atoms with Gasteiger partial charge in [-0.3, -0.25) is 0 Å². The van der Waals surface area contributed by atoms with Gasteiger partial charge in [-0.25, -0.2) is 0 Å². The number of rotatable bonds is 4. The van der Waals surface area contributed by atoms with Crippen molar-refractivity contribution < 1.29 is 9.15 Å². The largest absolute Gasteiger partial charge is 0.472 e. The first-order chi connectivity index (χ1) is 6.79. The lowest BCUT2D eigenvalue weighted by atomic mass is 10.0. The fourth-order valence-electron chi connectivity index (χ4n) is 1.84. The molecule has 0 bridgehead atoms. The third kappa shape index (κ3) is 2.36. The lowest BCUT2D eigenvalue weighted by Gasteiger charge is -2.23. The van der Waals surface area contributed by atoms with E-state index in [1.54, 1.807) is 12.5 Å². The topological polar surface area (TPSA) is 34.4 Å². The quantitative estimate of drug-likeness (QED) is 0.797. The first-order valence-electron chi connectivity index (χ1n) is 5.14. The molecule has 1 aliphatic heterocycles. The number of hydrogen-bond acceptors (Lipinski definition) is 3. The van der Waals surface area contributed by atoms with Gasteiger partial charge < -0.3 is 14.5 Å². The molecule has 0 amide bonds. The van der Waals surface area contributed by atoms with Gasteiger partial charge in [0.2, 0.25) is 0 Å². The van der Waals surface area contributed by atoms with E-state index in [9.17, 15) is 0 Å². The Hall–Kier alpha value is -0.800. The van der Waals surface area contributed by atoms with E-state index >= 15 is 0 Å². The van der Waals surface area contributed by atoms with Crippen molar-refractivity contribution >= 4 is 0 Å². The molecule has 3 nitrogen and oxygen atoms in total. The molecule has 78 valence electrons. The zero-order valence-corrected chi connectivity index (χ0v) is 8.58. The minimum atomic E-state index is 0.0454. The minimum Gasteiger partial charge on any atom is -0.472 e. The third-order valence-corrected chi connectivity index (χ3v) is 2.71. The lowest BCUT2D eigenvalue weighted by molar-refractivity contribution is 0.0206. The molecule has 1 fully saturated rings. The van der Waals surface area contributed by atoms with Crippen LogP contribution in [0.4, 0.5) is 0 Å². The van der Waals surface area contributed by atoms with Crippen LogP contribution in [-0.4, -0.2) is 18.8 Å². The van der Waals surface area contributed by atoms with Gasteiger partial charge in [0.25, 0.3) is 0 Å². The summed E-state index contributed by atoms with van der Waals surface area (Å²) in [6.45, 7) is 4.85. The number of ether oxygens (including phenoxy) is 1. The molecule has 1 aliphatic rings. The summed E-state index contributed by atoms with van der Waals surface area (Å²) in [6.07, 6.45) is 5.81. The molecular formula is C11H17NO2. The highest BCUT2D eigenvalue weighted by Crippen LogP contribution is 2.23. The van der Waals surface area contributed by atoms with Crippen LogP contribution in [0.15, 0.2) is 23.0 Å². The zero-order valence-electron chi connectivity index (χ0n) is 8.58. The van der Waals surface area contributed by atoms with Crippen molar-refractivity contribution in [1.29, 1.82) is 0 Å². The zero-order chi connectivity index (χ0) is 9.86. The van der Waals surface area contributed by atoms with Gasteiger partial charge in [-0.15, -0.1) is 0 Å². The Kier molecular flexibility index (Phi) is 2.89. The average Bonchev–Trinajstić information content (AvgIpc) is 2.77. The predicted molar refractivity (Wildman–Crippen MR) is 54.0 cm³/mol. The van der Waals surface area contributed by atoms with Crippen LogP contribution in [0.1, 0.15) is 25.3 Å². The molecule has 1 aromatic rings. The van der Waals surface area contributed by atoms with Crippen molar-refractivity contribution in [3.05, 3.63) is 24.2 Å². The highest BCUT2D eigenvalue weighted by molar-refractivity contribution is 5.04. The highest BCUT2D eigenvalue weighted by Gasteiger charge is 2.28. The fraction of sp³-hybridized carbons (Fsp3) is 0.636. The summed E-state index contributed by atoms with van der Waals surface area (Å²) in [7, 11) is 0. The Labute approximate surface area is 84.4 Å². The Balaban J connectivity index is 1.72. The van der Waals surface area contributed by atoms with E-state index in [0.29, 0.717) is 0 Å². The van der Waals surface area contributed by atoms with Crippen molar-refractivity contribution in [3.8, 4) is 0 Å². The van der Waals surface area contributed by atoms with Gasteiger partial charge in [-0.2, -0.15) is 0 Å².